The van der Waals surface area contributed by atoms with Crippen molar-refractivity contribution >= 4 is 33.4 Å². The molecule has 3 nitrogen and oxygen atoms in total. The summed E-state index contributed by atoms with van der Waals surface area (Å²) in [7, 11) is 0. The number of benzene rings is 2. The third-order valence-electron chi connectivity index (χ3n) is 3.82. The molecule has 120 valence electrons. The lowest BCUT2D eigenvalue weighted by Gasteiger charge is -2.19. The molecule has 23 heavy (non-hydrogen) atoms. The van der Waals surface area contributed by atoms with Crippen LogP contribution >= 0.6 is 27.5 Å². The summed E-state index contributed by atoms with van der Waals surface area (Å²) in [5, 5.41) is 3.71. The molecule has 0 radical (unpaired) electrons. The zero-order chi connectivity index (χ0) is 16.2. The van der Waals surface area contributed by atoms with E-state index in [0.29, 0.717) is 16.7 Å². The Bertz CT molecular complexity index is 689. The molecular formula is C18H17BrClNO2. The van der Waals surface area contributed by atoms with Gasteiger partial charge in [-0.1, -0.05) is 41.9 Å². The average Bonchev–Trinajstić information content (AvgIpc) is 3.37. The first-order valence-corrected chi connectivity index (χ1v) is 8.73. The second-order valence-corrected chi connectivity index (χ2v) is 6.95. The highest BCUT2D eigenvalue weighted by Gasteiger charge is 2.33. The normalized spacial score (nSPS) is 15.0. The maximum Gasteiger partial charge on any atom is 0.258 e. The lowest BCUT2D eigenvalue weighted by molar-refractivity contribution is -0.124. The van der Waals surface area contributed by atoms with E-state index in [1.54, 1.807) is 18.2 Å². The summed E-state index contributed by atoms with van der Waals surface area (Å²) in [4.78, 5) is 12.2. The number of nitrogens with one attached hydrogen (secondary N) is 1. The van der Waals surface area contributed by atoms with Gasteiger partial charge in [0.1, 0.15) is 5.75 Å². The molecule has 1 amide bonds. The highest BCUT2D eigenvalue weighted by atomic mass is 79.9. The first-order valence-electron chi connectivity index (χ1n) is 7.55. The number of hydrogen-bond donors (Lipinski definition) is 1. The van der Waals surface area contributed by atoms with Gasteiger partial charge in [-0.25, -0.2) is 0 Å². The molecule has 1 atom stereocenters. The van der Waals surface area contributed by atoms with Gasteiger partial charge in [0.25, 0.3) is 5.91 Å². The van der Waals surface area contributed by atoms with Gasteiger partial charge in [0.15, 0.2) is 6.61 Å². The molecule has 3 rings (SSSR count). The molecule has 2 aromatic carbocycles. The fourth-order valence-corrected chi connectivity index (χ4v) is 3.31. The molecule has 0 heterocycles. The van der Waals surface area contributed by atoms with Gasteiger partial charge in [0.2, 0.25) is 0 Å². The van der Waals surface area contributed by atoms with Gasteiger partial charge in [0, 0.05) is 5.02 Å². The zero-order valence-corrected chi connectivity index (χ0v) is 14.8. The molecule has 0 spiro atoms. The average molecular weight is 395 g/mol. The van der Waals surface area contributed by atoms with E-state index in [1.807, 2.05) is 18.2 Å². The van der Waals surface area contributed by atoms with E-state index in [9.17, 15) is 4.79 Å². The summed E-state index contributed by atoms with van der Waals surface area (Å²) in [6.45, 7) is -0.0176. The molecule has 0 aromatic heterocycles. The number of halogens is 2. The van der Waals surface area contributed by atoms with Crippen molar-refractivity contribution in [3.8, 4) is 5.75 Å². The summed E-state index contributed by atoms with van der Waals surface area (Å²) in [5.74, 6) is 1.02. The Morgan fingerprint density at radius 3 is 2.65 bits per heavy atom. The van der Waals surface area contributed by atoms with Gasteiger partial charge in [-0.2, -0.15) is 0 Å². The standard InChI is InChI=1S/C18H17BrClNO2/c19-15-10-14(20)8-9-16(15)23-11-17(22)21-18(13-6-7-13)12-4-2-1-3-5-12/h1-5,8-10,13,18H,6-7,11H2,(H,21,22). The van der Waals surface area contributed by atoms with Crippen LogP contribution in [0, 0.1) is 5.92 Å². The van der Waals surface area contributed by atoms with Crippen LogP contribution in [-0.2, 0) is 4.79 Å². The molecule has 1 saturated carbocycles. The van der Waals surface area contributed by atoms with E-state index >= 15 is 0 Å². The summed E-state index contributed by atoms with van der Waals surface area (Å²) < 4.78 is 6.31. The van der Waals surface area contributed by atoms with Gasteiger partial charge in [0.05, 0.1) is 10.5 Å². The first-order chi connectivity index (χ1) is 11.1. The number of amides is 1. The number of hydrogen-bond acceptors (Lipinski definition) is 2. The maximum absolute atomic E-state index is 12.2. The Morgan fingerprint density at radius 1 is 1.26 bits per heavy atom. The molecule has 0 bridgehead atoms. The maximum atomic E-state index is 12.2. The lowest BCUT2D eigenvalue weighted by Crippen LogP contribution is -2.33. The first kappa shape index (κ1) is 16.3. The van der Waals surface area contributed by atoms with Crippen LogP contribution in [0.4, 0.5) is 0 Å². The van der Waals surface area contributed by atoms with E-state index in [2.05, 4.69) is 33.4 Å². The van der Waals surface area contributed by atoms with Crippen LogP contribution in [0.2, 0.25) is 5.02 Å². The molecule has 1 aliphatic carbocycles. The smallest absolute Gasteiger partial charge is 0.258 e. The minimum Gasteiger partial charge on any atom is -0.483 e. The number of carbonyl (C=O) groups is 1. The SMILES string of the molecule is O=C(COc1ccc(Cl)cc1Br)NC(c1ccccc1)C1CC1. The third-order valence-corrected chi connectivity index (χ3v) is 4.68. The van der Waals surface area contributed by atoms with Crippen molar-refractivity contribution in [1.29, 1.82) is 0 Å². The Labute approximate surface area is 149 Å². The van der Waals surface area contributed by atoms with Gasteiger partial charge in [-0.05, 0) is 58.5 Å². The molecular weight excluding hydrogens is 378 g/mol. The zero-order valence-electron chi connectivity index (χ0n) is 12.5. The minimum absolute atomic E-state index is 0.0176. The van der Waals surface area contributed by atoms with E-state index in [0.717, 1.165) is 22.9 Å². The highest BCUT2D eigenvalue weighted by Crippen LogP contribution is 2.40. The fraction of sp³-hybridized carbons (Fsp3) is 0.278. The van der Waals surface area contributed by atoms with Crippen LogP contribution in [0.3, 0.4) is 0 Å². The number of carbonyl (C=O) groups excluding carboxylic acids is 1. The molecule has 1 aliphatic rings. The molecule has 1 N–H and O–H groups in total. The monoisotopic (exact) mass is 393 g/mol. The molecule has 5 heteroatoms. The molecule has 1 fully saturated rings. The molecule has 0 aliphatic heterocycles. The summed E-state index contributed by atoms with van der Waals surface area (Å²) in [5.41, 5.74) is 1.15. The second-order valence-electron chi connectivity index (χ2n) is 5.66. The highest BCUT2D eigenvalue weighted by molar-refractivity contribution is 9.10. The van der Waals surface area contributed by atoms with Crippen LogP contribution in [0.15, 0.2) is 53.0 Å². The predicted molar refractivity (Wildman–Crippen MR) is 94.7 cm³/mol. The van der Waals surface area contributed by atoms with Crippen LogP contribution in [0.1, 0.15) is 24.4 Å². The Kier molecular flexibility index (Phi) is 5.23. The molecule has 1 unspecified atom stereocenters. The Balaban J connectivity index is 1.59. The minimum atomic E-state index is -0.118. The van der Waals surface area contributed by atoms with Crippen LogP contribution in [0.5, 0.6) is 5.75 Å². The fourth-order valence-electron chi connectivity index (χ4n) is 2.51. The van der Waals surface area contributed by atoms with E-state index in [-0.39, 0.29) is 18.6 Å². The summed E-state index contributed by atoms with van der Waals surface area (Å²) in [6, 6.07) is 15.4. The van der Waals surface area contributed by atoms with Crippen molar-refractivity contribution in [2.24, 2.45) is 5.92 Å². The van der Waals surface area contributed by atoms with Crippen LogP contribution in [-0.4, -0.2) is 12.5 Å². The Morgan fingerprint density at radius 2 is 2.00 bits per heavy atom. The van der Waals surface area contributed by atoms with Gasteiger partial charge in [-0.15, -0.1) is 0 Å². The molecule has 0 saturated heterocycles. The van der Waals surface area contributed by atoms with Crippen molar-refractivity contribution < 1.29 is 9.53 Å². The Hall–Kier alpha value is -1.52. The van der Waals surface area contributed by atoms with Gasteiger partial charge < -0.3 is 10.1 Å². The predicted octanol–water partition coefficient (Wildman–Crippen LogP) is 4.75. The lowest BCUT2D eigenvalue weighted by atomic mass is 10.0. The van der Waals surface area contributed by atoms with Crippen molar-refractivity contribution in [3.05, 3.63) is 63.6 Å². The van der Waals surface area contributed by atoms with Crippen molar-refractivity contribution in [3.63, 3.8) is 0 Å². The third kappa shape index (κ3) is 4.49. The van der Waals surface area contributed by atoms with Gasteiger partial charge in [-0.3, -0.25) is 4.79 Å². The number of ether oxygens (including phenoxy) is 1. The largest absolute Gasteiger partial charge is 0.483 e. The molecule has 2 aromatic rings. The number of rotatable bonds is 6. The van der Waals surface area contributed by atoms with Gasteiger partial charge >= 0.3 is 0 Å². The topological polar surface area (TPSA) is 38.3 Å². The van der Waals surface area contributed by atoms with E-state index in [1.165, 1.54) is 0 Å². The van der Waals surface area contributed by atoms with Crippen molar-refractivity contribution in [2.45, 2.75) is 18.9 Å². The van der Waals surface area contributed by atoms with E-state index < -0.39 is 0 Å². The summed E-state index contributed by atoms with van der Waals surface area (Å²) in [6.07, 6.45) is 2.31. The van der Waals surface area contributed by atoms with Crippen molar-refractivity contribution in [1.82, 2.24) is 5.32 Å². The summed E-state index contributed by atoms with van der Waals surface area (Å²) >= 11 is 9.27. The van der Waals surface area contributed by atoms with Crippen LogP contribution in [0.25, 0.3) is 0 Å². The van der Waals surface area contributed by atoms with E-state index in [4.69, 9.17) is 16.3 Å². The van der Waals surface area contributed by atoms with Crippen LogP contribution < -0.4 is 10.1 Å². The quantitative estimate of drug-likeness (QED) is 0.768. The second kappa shape index (κ2) is 7.37. The van der Waals surface area contributed by atoms with Crippen molar-refractivity contribution in [2.75, 3.05) is 6.61 Å².